The summed E-state index contributed by atoms with van der Waals surface area (Å²) in [7, 11) is 0. The first-order valence-electron chi connectivity index (χ1n) is 5.87. The Balaban J connectivity index is 1.91. The number of hydrogen-bond donors (Lipinski definition) is 1. The first-order valence-corrected chi connectivity index (χ1v) is 5.87. The summed E-state index contributed by atoms with van der Waals surface area (Å²) < 4.78 is 5.62. The monoisotopic (exact) mass is 240 g/mol. The van der Waals surface area contributed by atoms with Crippen molar-refractivity contribution in [3.8, 4) is 5.75 Å². The van der Waals surface area contributed by atoms with E-state index in [2.05, 4.69) is 4.98 Å². The second-order valence-electron chi connectivity index (χ2n) is 3.81. The van der Waals surface area contributed by atoms with Crippen LogP contribution < -0.4 is 10.5 Å². The van der Waals surface area contributed by atoms with Crippen molar-refractivity contribution in [1.29, 1.82) is 0 Å². The van der Waals surface area contributed by atoms with Crippen molar-refractivity contribution in [3.05, 3.63) is 66.0 Å². The molecule has 0 aliphatic rings. The van der Waals surface area contributed by atoms with Crippen LogP contribution in [0.5, 0.6) is 5.75 Å². The molecule has 0 spiro atoms. The minimum atomic E-state index is 0.459. The van der Waals surface area contributed by atoms with Gasteiger partial charge >= 0.3 is 0 Å². The molecule has 0 aliphatic heterocycles. The van der Waals surface area contributed by atoms with Crippen LogP contribution in [0, 0.1) is 0 Å². The zero-order valence-electron chi connectivity index (χ0n) is 10.1. The minimum Gasteiger partial charge on any atom is -0.488 e. The number of rotatable bonds is 5. The van der Waals surface area contributed by atoms with Crippen molar-refractivity contribution in [3.63, 3.8) is 0 Å². The average Bonchev–Trinajstić information content (AvgIpc) is 2.45. The number of pyridine rings is 1. The van der Waals surface area contributed by atoms with Crippen LogP contribution in [0.2, 0.25) is 0 Å². The molecular formula is C15H16N2O. The highest BCUT2D eigenvalue weighted by molar-refractivity contribution is 5.48. The van der Waals surface area contributed by atoms with Crippen LogP contribution in [-0.4, -0.2) is 11.6 Å². The molecule has 3 nitrogen and oxygen atoms in total. The van der Waals surface area contributed by atoms with Gasteiger partial charge in [-0.05, 0) is 17.7 Å². The normalized spacial score (nSPS) is 10.7. The Kier molecular flexibility index (Phi) is 4.50. The number of benzene rings is 1. The highest BCUT2D eigenvalue weighted by atomic mass is 16.5. The highest BCUT2D eigenvalue weighted by Crippen LogP contribution is 2.15. The van der Waals surface area contributed by atoms with Gasteiger partial charge in [-0.3, -0.25) is 4.98 Å². The number of nitrogens with zero attached hydrogens (tertiary/aromatic N) is 1. The fourth-order valence-electron chi connectivity index (χ4n) is 1.59. The van der Waals surface area contributed by atoms with Crippen molar-refractivity contribution in [2.24, 2.45) is 5.73 Å². The molecule has 3 heteroatoms. The highest BCUT2D eigenvalue weighted by Gasteiger charge is 1.99. The van der Waals surface area contributed by atoms with Gasteiger partial charge in [0.05, 0.1) is 6.20 Å². The molecule has 0 radical (unpaired) electrons. The largest absolute Gasteiger partial charge is 0.488 e. The van der Waals surface area contributed by atoms with Crippen molar-refractivity contribution in [2.75, 3.05) is 6.61 Å². The van der Waals surface area contributed by atoms with E-state index >= 15 is 0 Å². The van der Waals surface area contributed by atoms with Gasteiger partial charge in [-0.25, -0.2) is 0 Å². The van der Waals surface area contributed by atoms with Crippen molar-refractivity contribution < 1.29 is 4.74 Å². The number of aromatic nitrogens is 1. The lowest BCUT2D eigenvalue weighted by atomic mass is 10.2. The molecule has 0 saturated carbocycles. The van der Waals surface area contributed by atoms with E-state index < -0.39 is 0 Å². The molecule has 0 bridgehead atoms. The predicted octanol–water partition coefficient (Wildman–Crippen LogP) is 2.63. The maximum atomic E-state index is 5.62. The molecule has 0 saturated heterocycles. The van der Waals surface area contributed by atoms with E-state index in [1.54, 1.807) is 12.4 Å². The molecular weight excluding hydrogens is 224 g/mol. The Morgan fingerprint density at radius 2 is 2.00 bits per heavy atom. The van der Waals surface area contributed by atoms with Crippen molar-refractivity contribution in [2.45, 2.75) is 6.54 Å². The van der Waals surface area contributed by atoms with E-state index in [9.17, 15) is 0 Å². The topological polar surface area (TPSA) is 48.1 Å². The lowest BCUT2D eigenvalue weighted by molar-refractivity contribution is 0.358. The van der Waals surface area contributed by atoms with E-state index in [0.717, 1.165) is 16.9 Å². The first kappa shape index (κ1) is 12.3. The van der Waals surface area contributed by atoms with Crippen LogP contribution in [0.4, 0.5) is 0 Å². The van der Waals surface area contributed by atoms with E-state index in [1.165, 1.54) is 0 Å². The number of hydrogen-bond acceptors (Lipinski definition) is 3. The van der Waals surface area contributed by atoms with Gasteiger partial charge in [0.1, 0.15) is 12.4 Å². The Bertz CT molecular complexity index is 509. The van der Waals surface area contributed by atoms with E-state index in [4.69, 9.17) is 10.5 Å². The maximum Gasteiger partial charge on any atom is 0.142 e. The second kappa shape index (κ2) is 6.57. The Hall–Kier alpha value is -2.13. The zero-order valence-corrected chi connectivity index (χ0v) is 10.1. The number of ether oxygens (including phenoxy) is 1. The van der Waals surface area contributed by atoms with Crippen LogP contribution in [0.25, 0.3) is 6.08 Å². The number of nitrogens with two attached hydrogens (primary N) is 1. The smallest absolute Gasteiger partial charge is 0.142 e. The SMILES string of the molecule is NCc1ccncc1OC/C=C/c1ccccc1. The Labute approximate surface area is 107 Å². The molecule has 0 fully saturated rings. The van der Waals surface area contributed by atoms with Crippen LogP contribution in [-0.2, 0) is 6.54 Å². The average molecular weight is 240 g/mol. The van der Waals surface area contributed by atoms with E-state index in [-0.39, 0.29) is 0 Å². The second-order valence-corrected chi connectivity index (χ2v) is 3.81. The van der Waals surface area contributed by atoms with Crippen molar-refractivity contribution >= 4 is 6.08 Å². The molecule has 0 aliphatic carbocycles. The van der Waals surface area contributed by atoms with Crippen LogP contribution in [0.3, 0.4) is 0 Å². The molecule has 2 rings (SSSR count). The van der Waals surface area contributed by atoms with Crippen molar-refractivity contribution in [1.82, 2.24) is 4.98 Å². The molecule has 0 atom stereocenters. The molecule has 1 heterocycles. The van der Waals surface area contributed by atoms with Gasteiger partial charge in [-0.1, -0.05) is 36.4 Å². The van der Waals surface area contributed by atoms with Gasteiger partial charge in [0, 0.05) is 18.3 Å². The maximum absolute atomic E-state index is 5.62. The van der Waals surface area contributed by atoms with Gasteiger partial charge < -0.3 is 10.5 Å². The van der Waals surface area contributed by atoms with Crippen LogP contribution in [0.1, 0.15) is 11.1 Å². The summed E-state index contributed by atoms with van der Waals surface area (Å²) in [6, 6.07) is 12.0. The molecule has 1 aromatic heterocycles. The van der Waals surface area contributed by atoms with E-state index in [1.807, 2.05) is 48.6 Å². The summed E-state index contributed by atoms with van der Waals surface area (Å²) in [6.07, 6.45) is 7.41. The third-order valence-corrected chi connectivity index (χ3v) is 2.53. The lowest BCUT2D eigenvalue weighted by Gasteiger charge is -2.07. The summed E-state index contributed by atoms with van der Waals surface area (Å²) in [5.41, 5.74) is 7.75. The molecule has 1 aromatic carbocycles. The van der Waals surface area contributed by atoms with Crippen LogP contribution in [0.15, 0.2) is 54.9 Å². The molecule has 92 valence electrons. The van der Waals surface area contributed by atoms with Gasteiger partial charge in [-0.2, -0.15) is 0 Å². The van der Waals surface area contributed by atoms with Gasteiger partial charge in [-0.15, -0.1) is 0 Å². The van der Waals surface area contributed by atoms with E-state index in [0.29, 0.717) is 13.2 Å². The minimum absolute atomic E-state index is 0.459. The summed E-state index contributed by atoms with van der Waals surface area (Å²) in [6.45, 7) is 0.966. The Morgan fingerprint density at radius 3 is 2.78 bits per heavy atom. The van der Waals surface area contributed by atoms with Crippen LogP contribution >= 0.6 is 0 Å². The third-order valence-electron chi connectivity index (χ3n) is 2.53. The summed E-state index contributed by atoms with van der Waals surface area (Å²) >= 11 is 0. The first-order chi connectivity index (χ1) is 8.90. The fraction of sp³-hybridized carbons (Fsp3) is 0.133. The van der Waals surface area contributed by atoms with Gasteiger partial charge in [0.25, 0.3) is 0 Å². The fourth-order valence-corrected chi connectivity index (χ4v) is 1.59. The molecule has 0 unspecified atom stereocenters. The van der Waals surface area contributed by atoms with Gasteiger partial charge in [0.15, 0.2) is 0 Å². The third kappa shape index (κ3) is 3.43. The molecule has 18 heavy (non-hydrogen) atoms. The Morgan fingerprint density at radius 1 is 1.17 bits per heavy atom. The molecule has 2 N–H and O–H groups in total. The quantitative estimate of drug-likeness (QED) is 0.874. The molecule has 2 aromatic rings. The standard InChI is InChI=1S/C15H16N2O/c16-11-14-8-9-17-12-15(14)18-10-4-7-13-5-2-1-3-6-13/h1-9,12H,10-11,16H2/b7-4+. The summed E-state index contributed by atoms with van der Waals surface area (Å²) in [4.78, 5) is 4.03. The summed E-state index contributed by atoms with van der Waals surface area (Å²) in [5, 5.41) is 0. The van der Waals surface area contributed by atoms with Gasteiger partial charge in [0.2, 0.25) is 0 Å². The zero-order chi connectivity index (χ0) is 12.6. The summed E-state index contributed by atoms with van der Waals surface area (Å²) in [5.74, 6) is 0.748. The molecule has 0 amide bonds. The lowest BCUT2D eigenvalue weighted by Crippen LogP contribution is -2.02. The predicted molar refractivity (Wildman–Crippen MR) is 73.1 cm³/mol.